The summed E-state index contributed by atoms with van der Waals surface area (Å²) in [5.74, 6) is -0.761. The number of hydrogen-bond donors (Lipinski definition) is 0. The Balaban J connectivity index is 2.18. The Labute approximate surface area is 133 Å². The molecule has 1 heterocycles. The molecule has 1 fully saturated rings. The van der Waals surface area contributed by atoms with Crippen molar-refractivity contribution in [3.05, 3.63) is 29.8 Å². The Bertz CT molecular complexity index is 542. The molecule has 0 bridgehead atoms. The standard InChI is InChI=1S/C18H26N2O2/c1-4-15-10-6-7-12-20(15)18(22)17(21)19(5-2)16-11-8-9-14(3)13-16/h8-9,11,13,15H,4-7,10,12H2,1-3H3. The molecule has 1 unspecified atom stereocenters. The number of carbonyl (C=O) groups excluding carboxylic acids is 2. The van der Waals surface area contributed by atoms with Gasteiger partial charge in [-0.15, -0.1) is 0 Å². The van der Waals surface area contributed by atoms with Crippen molar-refractivity contribution >= 4 is 17.5 Å². The largest absolute Gasteiger partial charge is 0.331 e. The summed E-state index contributed by atoms with van der Waals surface area (Å²) in [4.78, 5) is 28.7. The number of hydrogen-bond acceptors (Lipinski definition) is 2. The molecule has 1 aliphatic rings. The summed E-state index contributed by atoms with van der Waals surface area (Å²) in [5.41, 5.74) is 1.88. The number of piperidine rings is 1. The zero-order valence-corrected chi connectivity index (χ0v) is 13.8. The maximum atomic E-state index is 12.7. The van der Waals surface area contributed by atoms with Crippen LogP contribution in [0.1, 0.15) is 45.1 Å². The van der Waals surface area contributed by atoms with Gasteiger partial charge in [0.2, 0.25) is 0 Å². The summed E-state index contributed by atoms with van der Waals surface area (Å²) >= 11 is 0. The Morgan fingerprint density at radius 3 is 2.68 bits per heavy atom. The van der Waals surface area contributed by atoms with Gasteiger partial charge in [-0.05, 0) is 57.2 Å². The van der Waals surface area contributed by atoms with Gasteiger partial charge in [-0.2, -0.15) is 0 Å². The van der Waals surface area contributed by atoms with Crippen LogP contribution in [0.15, 0.2) is 24.3 Å². The number of amides is 2. The first-order valence-electron chi connectivity index (χ1n) is 8.27. The molecule has 0 radical (unpaired) electrons. The van der Waals surface area contributed by atoms with Crippen molar-refractivity contribution in [3.8, 4) is 0 Å². The summed E-state index contributed by atoms with van der Waals surface area (Å²) in [7, 11) is 0. The highest BCUT2D eigenvalue weighted by Gasteiger charge is 2.32. The normalized spacial score (nSPS) is 18.1. The van der Waals surface area contributed by atoms with Gasteiger partial charge in [-0.3, -0.25) is 9.59 Å². The fourth-order valence-electron chi connectivity index (χ4n) is 3.17. The van der Waals surface area contributed by atoms with E-state index < -0.39 is 5.91 Å². The molecule has 1 aromatic carbocycles. The van der Waals surface area contributed by atoms with Crippen LogP contribution in [0.4, 0.5) is 5.69 Å². The minimum absolute atomic E-state index is 0.210. The van der Waals surface area contributed by atoms with E-state index in [2.05, 4.69) is 6.92 Å². The van der Waals surface area contributed by atoms with Crippen molar-refractivity contribution in [3.63, 3.8) is 0 Å². The highest BCUT2D eigenvalue weighted by atomic mass is 16.2. The van der Waals surface area contributed by atoms with Gasteiger partial charge in [-0.25, -0.2) is 0 Å². The molecule has 2 rings (SSSR count). The van der Waals surface area contributed by atoms with E-state index >= 15 is 0 Å². The first kappa shape index (κ1) is 16.5. The van der Waals surface area contributed by atoms with Gasteiger partial charge >= 0.3 is 11.8 Å². The number of likely N-dealkylation sites (N-methyl/N-ethyl adjacent to an activating group) is 1. The SMILES string of the molecule is CCC1CCCCN1C(=O)C(=O)N(CC)c1cccc(C)c1. The van der Waals surface area contributed by atoms with Gasteiger partial charge < -0.3 is 9.80 Å². The Morgan fingerprint density at radius 2 is 2.05 bits per heavy atom. The van der Waals surface area contributed by atoms with Crippen molar-refractivity contribution in [2.75, 3.05) is 18.0 Å². The quantitative estimate of drug-likeness (QED) is 0.805. The van der Waals surface area contributed by atoms with Crippen LogP contribution in [0.25, 0.3) is 0 Å². The first-order chi connectivity index (χ1) is 10.6. The number of likely N-dealkylation sites (tertiary alicyclic amines) is 1. The first-order valence-corrected chi connectivity index (χ1v) is 8.27. The number of anilines is 1. The Hall–Kier alpha value is -1.84. The number of carbonyl (C=O) groups is 2. The van der Waals surface area contributed by atoms with Crippen LogP contribution in [0.2, 0.25) is 0 Å². The molecule has 0 aliphatic carbocycles. The van der Waals surface area contributed by atoms with E-state index in [1.807, 2.05) is 38.1 Å². The van der Waals surface area contributed by atoms with E-state index in [9.17, 15) is 9.59 Å². The highest BCUT2D eigenvalue weighted by Crippen LogP contribution is 2.22. The van der Waals surface area contributed by atoms with Crippen molar-refractivity contribution in [2.45, 2.75) is 52.5 Å². The monoisotopic (exact) mass is 302 g/mol. The molecule has 2 amide bonds. The zero-order chi connectivity index (χ0) is 16.1. The minimum atomic E-state index is -0.409. The summed E-state index contributed by atoms with van der Waals surface area (Å²) in [6.07, 6.45) is 4.06. The summed E-state index contributed by atoms with van der Waals surface area (Å²) in [6, 6.07) is 7.95. The molecule has 0 spiro atoms. The van der Waals surface area contributed by atoms with Crippen LogP contribution in [0.5, 0.6) is 0 Å². The topological polar surface area (TPSA) is 40.6 Å². The van der Waals surface area contributed by atoms with Crippen LogP contribution in [-0.4, -0.2) is 35.8 Å². The van der Waals surface area contributed by atoms with Crippen LogP contribution in [0.3, 0.4) is 0 Å². The van der Waals surface area contributed by atoms with E-state index in [4.69, 9.17) is 0 Å². The Kier molecular flexibility index (Phi) is 5.58. The molecule has 120 valence electrons. The van der Waals surface area contributed by atoms with Gasteiger partial charge in [0, 0.05) is 24.8 Å². The molecule has 22 heavy (non-hydrogen) atoms. The second-order valence-corrected chi connectivity index (χ2v) is 5.94. The van der Waals surface area contributed by atoms with Crippen LogP contribution < -0.4 is 4.90 Å². The molecule has 4 nitrogen and oxygen atoms in total. The second kappa shape index (κ2) is 7.43. The lowest BCUT2D eigenvalue weighted by molar-refractivity contribution is -0.147. The molecule has 1 saturated heterocycles. The average Bonchev–Trinajstić information content (AvgIpc) is 2.54. The molecular formula is C18H26N2O2. The summed E-state index contributed by atoms with van der Waals surface area (Å²) < 4.78 is 0. The van der Waals surface area contributed by atoms with E-state index in [1.54, 1.807) is 9.80 Å². The van der Waals surface area contributed by atoms with Crippen LogP contribution in [-0.2, 0) is 9.59 Å². The zero-order valence-electron chi connectivity index (χ0n) is 13.8. The molecule has 0 saturated carbocycles. The minimum Gasteiger partial charge on any atom is -0.331 e. The number of aryl methyl sites for hydroxylation is 1. The van der Waals surface area contributed by atoms with Crippen molar-refractivity contribution in [1.82, 2.24) is 4.90 Å². The highest BCUT2D eigenvalue weighted by molar-refractivity contribution is 6.40. The Morgan fingerprint density at radius 1 is 1.27 bits per heavy atom. The maximum Gasteiger partial charge on any atom is 0.316 e. The van der Waals surface area contributed by atoms with E-state index in [0.717, 1.165) is 36.9 Å². The molecule has 1 aliphatic heterocycles. The molecule has 1 aromatic rings. The fourth-order valence-corrected chi connectivity index (χ4v) is 3.17. The number of rotatable bonds is 3. The van der Waals surface area contributed by atoms with Crippen molar-refractivity contribution < 1.29 is 9.59 Å². The predicted molar refractivity (Wildman–Crippen MR) is 88.8 cm³/mol. The smallest absolute Gasteiger partial charge is 0.316 e. The number of nitrogens with zero attached hydrogens (tertiary/aromatic N) is 2. The third-order valence-corrected chi connectivity index (χ3v) is 4.42. The lowest BCUT2D eigenvalue weighted by Gasteiger charge is -2.36. The fraction of sp³-hybridized carbons (Fsp3) is 0.556. The van der Waals surface area contributed by atoms with Crippen molar-refractivity contribution in [2.24, 2.45) is 0 Å². The molecule has 0 N–H and O–H groups in total. The second-order valence-electron chi connectivity index (χ2n) is 5.94. The van der Waals surface area contributed by atoms with Crippen molar-refractivity contribution in [1.29, 1.82) is 0 Å². The third-order valence-electron chi connectivity index (χ3n) is 4.42. The third kappa shape index (κ3) is 3.49. The predicted octanol–water partition coefficient (Wildman–Crippen LogP) is 3.14. The van der Waals surface area contributed by atoms with E-state index in [-0.39, 0.29) is 11.9 Å². The molecular weight excluding hydrogens is 276 g/mol. The number of benzene rings is 1. The van der Waals surface area contributed by atoms with Gasteiger partial charge in [-0.1, -0.05) is 19.1 Å². The lowest BCUT2D eigenvalue weighted by atomic mass is 10.00. The van der Waals surface area contributed by atoms with Gasteiger partial charge in [0.1, 0.15) is 0 Å². The van der Waals surface area contributed by atoms with Gasteiger partial charge in [0.05, 0.1) is 0 Å². The summed E-state index contributed by atoms with van der Waals surface area (Å²) in [5, 5.41) is 0. The average molecular weight is 302 g/mol. The van der Waals surface area contributed by atoms with Crippen LogP contribution >= 0.6 is 0 Å². The molecule has 0 aromatic heterocycles. The maximum absolute atomic E-state index is 12.7. The molecule has 1 atom stereocenters. The van der Waals surface area contributed by atoms with Gasteiger partial charge in [0.25, 0.3) is 0 Å². The van der Waals surface area contributed by atoms with E-state index in [0.29, 0.717) is 13.1 Å². The van der Waals surface area contributed by atoms with Crippen LogP contribution in [0, 0.1) is 6.92 Å². The molecule has 4 heteroatoms. The summed E-state index contributed by atoms with van der Waals surface area (Å²) in [6.45, 7) is 7.18. The van der Waals surface area contributed by atoms with E-state index in [1.165, 1.54) is 0 Å². The van der Waals surface area contributed by atoms with Gasteiger partial charge in [0.15, 0.2) is 0 Å². The lowest BCUT2D eigenvalue weighted by Crippen LogP contribution is -2.51.